The van der Waals surface area contributed by atoms with E-state index in [1.54, 1.807) is 9.80 Å². The summed E-state index contributed by atoms with van der Waals surface area (Å²) in [6.45, 7) is 4.42. The third kappa shape index (κ3) is 5.05. The minimum Gasteiger partial charge on any atom is -0.449 e. The first-order valence-electron chi connectivity index (χ1n) is 12.9. The lowest BCUT2D eigenvalue weighted by Crippen LogP contribution is -2.50. The Morgan fingerprint density at radius 1 is 1.06 bits per heavy atom. The average molecular weight is 506 g/mol. The van der Waals surface area contributed by atoms with Crippen LogP contribution in [-0.2, 0) is 17.6 Å². The Morgan fingerprint density at radius 2 is 1.81 bits per heavy atom. The molecule has 1 atom stereocenters. The van der Waals surface area contributed by atoms with E-state index in [4.69, 9.17) is 21.3 Å². The maximum atomic E-state index is 13.3. The Balaban J connectivity index is 1.30. The Labute approximate surface area is 217 Å². The summed E-state index contributed by atoms with van der Waals surface area (Å²) >= 11 is 6.84. The molecule has 0 bridgehead atoms. The van der Waals surface area contributed by atoms with Crippen molar-refractivity contribution in [2.75, 3.05) is 32.8 Å². The Morgan fingerprint density at radius 3 is 2.56 bits per heavy atom. The summed E-state index contributed by atoms with van der Waals surface area (Å²) in [6.07, 6.45) is 4.36. The fourth-order valence-electron chi connectivity index (χ4n) is 5.20. The number of carbonyl (C=O) groups is 2. The van der Waals surface area contributed by atoms with E-state index in [2.05, 4.69) is 31.2 Å². The number of carbonyl (C=O) groups excluding carboxylic acids is 2. The lowest BCUT2D eigenvalue weighted by molar-refractivity contribution is 0.0558. The van der Waals surface area contributed by atoms with Crippen molar-refractivity contribution in [2.45, 2.75) is 44.9 Å². The van der Waals surface area contributed by atoms with Crippen LogP contribution in [-0.4, -0.2) is 59.6 Å². The van der Waals surface area contributed by atoms with Gasteiger partial charge in [-0.3, -0.25) is 9.78 Å². The van der Waals surface area contributed by atoms with E-state index in [-0.39, 0.29) is 12.0 Å². The van der Waals surface area contributed by atoms with E-state index in [9.17, 15) is 9.59 Å². The minimum absolute atomic E-state index is 0.0475. The van der Waals surface area contributed by atoms with E-state index in [0.717, 1.165) is 59.3 Å². The fourth-order valence-corrected chi connectivity index (χ4v) is 5.56. The second-order valence-corrected chi connectivity index (χ2v) is 10.1. The monoisotopic (exact) mass is 505 g/mol. The molecule has 0 saturated carbocycles. The molecule has 2 amide bonds. The molecule has 1 aliphatic heterocycles. The van der Waals surface area contributed by atoms with E-state index < -0.39 is 0 Å². The third-order valence-electron chi connectivity index (χ3n) is 7.35. The van der Waals surface area contributed by atoms with Crippen molar-refractivity contribution in [3.05, 3.63) is 75.9 Å². The molecule has 2 aliphatic rings. The van der Waals surface area contributed by atoms with E-state index >= 15 is 0 Å². The van der Waals surface area contributed by atoms with Crippen molar-refractivity contribution in [1.29, 1.82) is 0 Å². The molecular weight excluding hydrogens is 474 g/mol. The number of rotatable bonds is 5. The highest BCUT2D eigenvalue weighted by Gasteiger charge is 2.27. The van der Waals surface area contributed by atoms with Crippen LogP contribution in [0.1, 0.15) is 59.3 Å². The van der Waals surface area contributed by atoms with Crippen LogP contribution in [0.4, 0.5) is 4.79 Å². The van der Waals surface area contributed by atoms with Crippen LogP contribution in [0.15, 0.2) is 48.5 Å². The van der Waals surface area contributed by atoms with Gasteiger partial charge in [0.25, 0.3) is 5.91 Å². The van der Waals surface area contributed by atoms with E-state index in [1.165, 1.54) is 5.56 Å². The van der Waals surface area contributed by atoms with Crippen molar-refractivity contribution in [3.8, 4) is 0 Å². The first-order chi connectivity index (χ1) is 17.5. The highest BCUT2D eigenvalue weighted by atomic mass is 35.5. The molecule has 3 aromatic rings. The number of hydrogen-bond acceptors (Lipinski definition) is 4. The molecule has 1 unspecified atom stereocenters. The van der Waals surface area contributed by atoms with E-state index in [0.29, 0.717) is 44.3 Å². The molecule has 2 aromatic carbocycles. The number of fused-ring (bicyclic) bond motifs is 2. The Kier molecular flexibility index (Phi) is 7.42. The van der Waals surface area contributed by atoms with Crippen LogP contribution < -0.4 is 0 Å². The van der Waals surface area contributed by atoms with Crippen LogP contribution in [0.3, 0.4) is 0 Å². The second-order valence-electron chi connectivity index (χ2n) is 9.68. The van der Waals surface area contributed by atoms with Gasteiger partial charge in [-0.15, -0.1) is 0 Å². The number of pyridine rings is 1. The summed E-state index contributed by atoms with van der Waals surface area (Å²) in [6, 6.07) is 16.2. The van der Waals surface area contributed by atoms with Crippen molar-refractivity contribution >= 4 is 34.5 Å². The zero-order valence-electron chi connectivity index (χ0n) is 20.7. The highest BCUT2D eigenvalue weighted by Crippen LogP contribution is 2.38. The maximum absolute atomic E-state index is 13.3. The molecule has 6 nitrogen and oxygen atoms in total. The summed E-state index contributed by atoms with van der Waals surface area (Å²) in [4.78, 5) is 33.9. The summed E-state index contributed by atoms with van der Waals surface area (Å²) in [5, 5.41) is 1.65. The number of unbranched alkanes of at least 4 members (excludes halogenated alkanes) is 1. The van der Waals surface area contributed by atoms with Gasteiger partial charge in [-0.05, 0) is 54.9 Å². The molecule has 188 valence electrons. The lowest BCUT2D eigenvalue weighted by atomic mass is 9.82. The fraction of sp³-hybridized carbons (Fsp3) is 0.414. The topological polar surface area (TPSA) is 62.7 Å². The van der Waals surface area contributed by atoms with Gasteiger partial charge in [0, 0.05) is 42.8 Å². The number of piperazine rings is 1. The minimum atomic E-state index is -0.293. The van der Waals surface area contributed by atoms with Crippen LogP contribution in [0.2, 0.25) is 5.02 Å². The van der Waals surface area contributed by atoms with Crippen LogP contribution in [0.5, 0.6) is 0 Å². The molecule has 0 spiro atoms. The highest BCUT2D eigenvalue weighted by molar-refractivity contribution is 6.36. The van der Waals surface area contributed by atoms with E-state index in [1.807, 2.05) is 24.3 Å². The molecule has 1 aliphatic carbocycles. The van der Waals surface area contributed by atoms with Crippen molar-refractivity contribution in [2.24, 2.45) is 0 Å². The van der Waals surface area contributed by atoms with Gasteiger partial charge >= 0.3 is 6.09 Å². The van der Waals surface area contributed by atoms with Gasteiger partial charge in [0.1, 0.15) is 0 Å². The smallest absolute Gasteiger partial charge is 0.409 e. The molecule has 1 fully saturated rings. The first kappa shape index (κ1) is 24.6. The quantitative estimate of drug-likeness (QED) is 0.408. The van der Waals surface area contributed by atoms with Gasteiger partial charge in [-0.25, -0.2) is 4.79 Å². The third-order valence-corrected chi connectivity index (χ3v) is 7.78. The van der Waals surface area contributed by atoms with Gasteiger partial charge in [0.15, 0.2) is 0 Å². The SMILES string of the molecule is CCCCOC(=O)N1CCN(C(=O)c2ccc3c(Cl)c4c(nc3c2)CC(c2ccccc2)CC4)CC1. The standard InChI is InChI=1S/C29H32ClN3O3/c1-2-3-17-36-29(35)33-15-13-32(14-16-33)28(34)22-10-12-24-26(19-22)31-25-18-21(9-11-23(25)27(24)30)20-7-5-4-6-8-20/h4-8,10,12,19,21H,2-3,9,11,13-18H2,1H3. The summed E-state index contributed by atoms with van der Waals surface area (Å²) in [5.74, 6) is 0.378. The second kappa shape index (κ2) is 10.9. The number of nitrogens with zero attached hydrogens (tertiary/aromatic N) is 3. The van der Waals surface area contributed by atoms with Crippen molar-refractivity contribution in [3.63, 3.8) is 0 Å². The molecule has 0 N–H and O–H groups in total. The first-order valence-corrected chi connectivity index (χ1v) is 13.3. The summed E-state index contributed by atoms with van der Waals surface area (Å²) in [7, 11) is 0. The normalized spacial score (nSPS) is 17.7. The molecule has 0 radical (unpaired) electrons. The van der Waals surface area contributed by atoms with Gasteiger partial charge < -0.3 is 14.5 Å². The molecular formula is C29H32ClN3O3. The van der Waals surface area contributed by atoms with Crippen molar-refractivity contribution < 1.29 is 14.3 Å². The number of halogens is 1. The predicted octanol–water partition coefficient (Wildman–Crippen LogP) is 5.86. The summed E-state index contributed by atoms with van der Waals surface area (Å²) < 4.78 is 5.31. The number of amides is 2. The maximum Gasteiger partial charge on any atom is 0.409 e. The van der Waals surface area contributed by atoms with Gasteiger partial charge in [-0.1, -0.05) is 61.3 Å². The molecule has 1 saturated heterocycles. The number of ether oxygens (including phenoxy) is 1. The average Bonchev–Trinajstić information content (AvgIpc) is 2.93. The van der Waals surface area contributed by atoms with Crippen LogP contribution in [0, 0.1) is 0 Å². The zero-order valence-corrected chi connectivity index (χ0v) is 21.5. The number of hydrogen-bond donors (Lipinski definition) is 0. The number of aromatic nitrogens is 1. The van der Waals surface area contributed by atoms with Gasteiger partial charge in [0.05, 0.1) is 17.1 Å². The largest absolute Gasteiger partial charge is 0.449 e. The van der Waals surface area contributed by atoms with Crippen LogP contribution >= 0.6 is 11.6 Å². The van der Waals surface area contributed by atoms with Gasteiger partial charge in [0.2, 0.25) is 0 Å². The van der Waals surface area contributed by atoms with Crippen molar-refractivity contribution in [1.82, 2.24) is 14.8 Å². The lowest BCUT2D eigenvalue weighted by Gasteiger charge is -2.34. The van der Waals surface area contributed by atoms with Crippen LogP contribution in [0.25, 0.3) is 10.9 Å². The summed E-state index contributed by atoms with van der Waals surface area (Å²) in [5.41, 5.74) is 4.86. The molecule has 36 heavy (non-hydrogen) atoms. The number of benzene rings is 2. The Hall–Kier alpha value is -3.12. The zero-order chi connectivity index (χ0) is 25.1. The molecule has 1 aromatic heterocycles. The molecule has 2 heterocycles. The Bertz CT molecular complexity index is 1260. The predicted molar refractivity (Wildman–Crippen MR) is 142 cm³/mol. The van der Waals surface area contributed by atoms with Gasteiger partial charge in [-0.2, -0.15) is 0 Å². The molecule has 5 rings (SSSR count). The molecule has 7 heteroatoms.